The Bertz CT molecular complexity index is 1250. The van der Waals surface area contributed by atoms with Crippen molar-refractivity contribution in [2.24, 2.45) is 0 Å². The maximum absolute atomic E-state index is 11.6. The number of carboxylic acids is 1. The Morgan fingerprint density at radius 2 is 1.65 bits per heavy atom. The van der Waals surface area contributed by atoms with Crippen molar-refractivity contribution >= 4 is 22.6 Å². The van der Waals surface area contributed by atoms with Crippen LogP contribution in [0.1, 0.15) is 23.1 Å². The lowest BCUT2D eigenvalue weighted by Crippen LogP contribution is -1.99. The molecule has 0 saturated carbocycles. The highest BCUT2D eigenvalue weighted by atomic mass is 16.6. The van der Waals surface area contributed by atoms with Gasteiger partial charge in [-0.3, -0.25) is 14.9 Å². The normalized spacial score (nSPS) is 11.0. The number of fused-ring (bicyclic) bond motifs is 1. The Kier molecular flexibility index (Phi) is 5.80. The number of aromatic nitrogens is 1. The van der Waals surface area contributed by atoms with E-state index in [0.717, 1.165) is 34.9 Å². The van der Waals surface area contributed by atoms with E-state index in [1.807, 2.05) is 47.2 Å². The molecule has 1 heterocycles. The van der Waals surface area contributed by atoms with Crippen molar-refractivity contribution in [3.63, 3.8) is 0 Å². The molecule has 6 nitrogen and oxygen atoms in total. The van der Waals surface area contributed by atoms with Gasteiger partial charge < -0.3 is 9.67 Å². The third-order valence-corrected chi connectivity index (χ3v) is 5.44. The number of nitrogens with zero attached hydrogens (tertiary/aromatic N) is 2. The van der Waals surface area contributed by atoms with Crippen LogP contribution in [0.25, 0.3) is 16.6 Å². The molecule has 0 bridgehead atoms. The fourth-order valence-electron chi connectivity index (χ4n) is 3.90. The number of nitro groups is 1. The highest BCUT2D eigenvalue weighted by molar-refractivity contribution is 5.87. The van der Waals surface area contributed by atoms with Gasteiger partial charge in [-0.2, -0.15) is 0 Å². The number of carboxylic acid groups (broad SMARTS) is 1. The summed E-state index contributed by atoms with van der Waals surface area (Å²) in [4.78, 5) is 22.2. The third-order valence-electron chi connectivity index (χ3n) is 5.44. The first-order valence-electron chi connectivity index (χ1n) is 10.2. The van der Waals surface area contributed by atoms with Crippen molar-refractivity contribution in [3.8, 4) is 5.69 Å². The van der Waals surface area contributed by atoms with Crippen molar-refractivity contribution in [2.45, 2.75) is 25.7 Å². The fourth-order valence-corrected chi connectivity index (χ4v) is 3.90. The predicted octanol–water partition coefficient (Wildman–Crippen LogP) is 5.34. The van der Waals surface area contributed by atoms with Crippen molar-refractivity contribution < 1.29 is 14.8 Å². The van der Waals surface area contributed by atoms with Crippen molar-refractivity contribution in [1.82, 2.24) is 4.57 Å². The number of aryl methyl sites for hydroxylation is 3. The summed E-state index contributed by atoms with van der Waals surface area (Å²) in [7, 11) is 0. The van der Waals surface area contributed by atoms with Gasteiger partial charge in [-0.05, 0) is 54.2 Å². The van der Waals surface area contributed by atoms with Crippen LogP contribution in [0, 0.1) is 10.1 Å². The molecule has 0 fully saturated rings. The van der Waals surface area contributed by atoms with Gasteiger partial charge in [-0.15, -0.1) is 0 Å². The summed E-state index contributed by atoms with van der Waals surface area (Å²) in [6.07, 6.45) is 4.10. The molecule has 0 spiro atoms. The molecule has 0 atom stereocenters. The van der Waals surface area contributed by atoms with Crippen LogP contribution in [0.4, 0.5) is 5.69 Å². The molecule has 0 saturated heterocycles. The lowest BCUT2D eigenvalue weighted by atomic mass is 10.0. The van der Waals surface area contributed by atoms with E-state index < -0.39 is 5.97 Å². The van der Waals surface area contributed by atoms with Crippen LogP contribution in [-0.2, 0) is 24.1 Å². The molecule has 31 heavy (non-hydrogen) atoms. The first kappa shape index (κ1) is 20.3. The van der Waals surface area contributed by atoms with Gasteiger partial charge in [-0.1, -0.05) is 48.5 Å². The molecule has 3 aromatic carbocycles. The van der Waals surface area contributed by atoms with Gasteiger partial charge in [-0.25, -0.2) is 0 Å². The van der Waals surface area contributed by atoms with E-state index in [4.69, 9.17) is 5.11 Å². The molecule has 1 N–H and O–H groups in total. The summed E-state index contributed by atoms with van der Waals surface area (Å²) >= 11 is 0. The van der Waals surface area contributed by atoms with E-state index in [2.05, 4.69) is 12.1 Å². The zero-order valence-electron chi connectivity index (χ0n) is 16.9. The van der Waals surface area contributed by atoms with Crippen molar-refractivity contribution in [3.05, 3.63) is 106 Å². The second-order valence-corrected chi connectivity index (χ2v) is 7.50. The van der Waals surface area contributed by atoms with Crippen LogP contribution in [-0.4, -0.2) is 20.6 Å². The van der Waals surface area contributed by atoms with Crippen LogP contribution >= 0.6 is 0 Å². The number of hydrogen-bond acceptors (Lipinski definition) is 3. The average molecular weight is 414 g/mol. The molecule has 1 aromatic heterocycles. The quantitative estimate of drug-likeness (QED) is 0.311. The van der Waals surface area contributed by atoms with E-state index in [1.54, 1.807) is 18.2 Å². The highest BCUT2D eigenvalue weighted by Gasteiger charge is 2.18. The minimum absolute atomic E-state index is 0.0453. The summed E-state index contributed by atoms with van der Waals surface area (Å²) in [5.41, 5.74) is 4.67. The van der Waals surface area contributed by atoms with Gasteiger partial charge in [0.15, 0.2) is 0 Å². The lowest BCUT2D eigenvalue weighted by molar-refractivity contribution is -0.384. The first-order chi connectivity index (χ1) is 15.0. The van der Waals surface area contributed by atoms with Crippen LogP contribution in [0.2, 0.25) is 0 Å². The zero-order valence-corrected chi connectivity index (χ0v) is 16.9. The van der Waals surface area contributed by atoms with Crippen LogP contribution in [0.15, 0.2) is 79.0 Å². The van der Waals surface area contributed by atoms with Gasteiger partial charge >= 0.3 is 5.97 Å². The van der Waals surface area contributed by atoms with E-state index in [9.17, 15) is 14.9 Å². The standard InChI is InChI=1S/C25H22N2O4/c28-25(29)15-12-19-11-14-22-21(16-19)20(13-10-18-6-2-1-3-7-18)17-26(22)23-8-4-5-9-24(23)27(30)31/h1-9,11,14,16-17H,10,12-13,15H2,(H,28,29). The highest BCUT2D eigenvalue weighted by Crippen LogP contribution is 2.31. The van der Waals surface area contributed by atoms with Gasteiger partial charge in [0.2, 0.25) is 0 Å². The number of para-hydroxylation sites is 2. The SMILES string of the molecule is O=C(O)CCc1ccc2c(c1)c(CCc1ccccc1)cn2-c1ccccc1[N+](=O)[O-]. The summed E-state index contributed by atoms with van der Waals surface area (Å²) in [5, 5.41) is 21.6. The van der Waals surface area contributed by atoms with E-state index in [1.165, 1.54) is 11.6 Å². The molecule has 6 heteroatoms. The number of rotatable bonds is 8. The second-order valence-electron chi connectivity index (χ2n) is 7.50. The number of carbonyl (C=O) groups is 1. The molecule has 0 unspecified atom stereocenters. The van der Waals surface area contributed by atoms with Gasteiger partial charge in [0.05, 0.1) is 10.4 Å². The lowest BCUT2D eigenvalue weighted by Gasteiger charge is -2.07. The van der Waals surface area contributed by atoms with Gasteiger partial charge in [0.1, 0.15) is 5.69 Å². The van der Waals surface area contributed by atoms with Gasteiger partial charge in [0.25, 0.3) is 5.69 Å². The fraction of sp³-hybridized carbons (Fsp3) is 0.160. The molecule has 0 aliphatic carbocycles. The third kappa shape index (κ3) is 4.48. The van der Waals surface area contributed by atoms with Crippen molar-refractivity contribution in [1.29, 1.82) is 0 Å². The van der Waals surface area contributed by atoms with Gasteiger partial charge in [0, 0.05) is 24.1 Å². The molecule has 0 amide bonds. The number of aliphatic carboxylic acids is 1. The van der Waals surface area contributed by atoms with Crippen LogP contribution in [0.3, 0.4) is 0 Å². The molecule has 0 aliphatic rings. The maximum atomic E-state index is 11.6. The minimum atomic E-state index is -0.832. The van der Waals surface area contributed by atoms with Crippen LogP contribution < -0.4 is 0 Å². The molecule has 4 rings (SSSR count). The van der Waals surface area contributed by atoms with E-state index in [-0.39, 0.29) is 17.0 Å². The molecule has 0 aliphatic heterocycles. The predicted molar refractivity (Wildman–Crippen MR) is 120 cm³/mol. The Morgan fingerprint density at radius 3 is 2.39 bits per heavy atom. The molecular weight excluding hydrogens is 392 g/mol. The minimum Gasteiger partial charge on any atom is -0.481 e. The molecule has 156 valence electrons. The number of nitro benzene ring substituents is 1. The number of hydrogen-bond donors (Lipinski definition) is 1. The number of benzene rings is 3. The molecule has 4 aromatic rings. The Morgan fingerprint density at radius 1 is 0.903 bits per heavy atom. The van der Waals surface area contributed by atoms with Crippen molar-refractivity contribution in [2.75, 3.05) is 0 Å². The molecule has 0 radical (unpaired) electrons. The van der Waals surface area contributed by atoms with E-state index >= 15 is 0 Å². The Hall–Kier alpha value is -3.93. The van der Waals surface area contributed by atoms with Crippen LogP contribution in [0.5, 0.6) is 0 Å². The second kappa shape index (κ2) is 8.83. The topological polar surface area (TPSA) is 85.4 Å². The summed E-state index contributed by atoms with van der Waals surface area (Å²) < 4.78 is 1.87. The maximum Gasteiger partial charge on any atom is 0.303 e. The summed E-state index contributed by atoms with van der Waals surface area (Å²) in [6.45, 7) is 0. The largest absolute Gasteiger partial charge is 0.481 e. The zero-order chi connectivity index (χ0) is 21.8. The smallest absolute Gasteiger partial charge is 0.303 e. The molecular formula is C25H22N2O4. The average Bonchev–Trinajstić information content (AvgIpc) is 3.14. The Balaban J connectivity index is 1.79. The summed E-state index contributed by atoms with van der Waals surface area (Å²) in [5.74, 6) is -0.832. The summed E-state index contributed by atoms with van der Waals surface area (Å²) in [6, 6.07) is 22.7. The monoisotopic (exact) mass is 414 g/mol. The Labute approximate surface area is 179 Å². The first-order valence-corrected chi connectivity index (χ1v) is 10.2. The van der Waals surface area contributed by atoms with E-state index in [0.29, 0.717) is 12.1 Å².